The SMILES string of the molecule is CCS(=O)C1CCCC(NC(=NCC(=O)N(C)C)NCCc2ccco2)C1. The normalized spacial score (nSPS) is 21.5. The molecule has 1 aliphatic carbocycles. The molecule has 1 fully saturated rings. The van der Waals surface area contributed by atoms with Crippen LogP contribution in [0.1, 0.15) is 38.4 Å². The van der Waals surface area contributed by atoms with E-state index in [0.29, 0.717) is 18.3 Å². The lowest BCUT2D eigenvalue weighted by atomic mass is 9.95. The number of guanidine groups is 1. The van der Waals surface area contributed by atoms with Crippen LogP contribution in [-0.2, 0) is 22.0 Å². The molecule has 2 N–H and O–H groups in total. The molecule has 27 heavy (non-hydrogen) atoms. The van der Waals surface area contributed by atoms with E-state index in [9.17, 15) is 9.00 Å². The fourth-order valence-corrected chi connectivity index (χ4v) is 4.49. The third-order valence-corrected chi connectivity index (χ3v) is 6.48. The van der Waals surface area contributed by atoms with Gasteiger partial charge in [-0.25, -0.2) is 4.99 Å². The molecule has 2 rings (SSSR count). The van der Waals surface area contributed by atoms with Gasteiger partial charge in [0.1, 0.15) is 12.3 Å². The van der Waals surface area contributed by atoms with Crippen molar-refractivity contribution in [2.45, 2.75) is 50.3 Å². The predicted octanol–water partition coefficient (Wildman–Crippen LogP) is 1.53. The Balaban J connectivity index is 1.94. The Morgan fingerprint density at radius 1 is 1.41 bits per heavy atom. The standard InChI is InChI=1S/C19H32N4O3S/c1-4-27(25)17-9-5-7-15(13-17)22-19(21-14-18(24)23(2)3)20-11-10-16-8-6-12-26-16/h6,8,12,15,17H,4-5,7,9-11,13-14H2,1-3H3,(H2,20,21,22). The van der Waals surface area contributed by atoms with Crippen LogP contribution in [-0.4, -0.2) is 65.2 Å². The lowest BCUT2D eigenvalue weighted by molar-refractivity contribution is -0.127. The van der Waals surface area contributed by atoms with Gasteiger partial charge in [-0.15, -0.1) is 0 Å². The van der Waals surface area contributed by atoms with Gasteiger partial charge in [0.05, 0.1) is 6.26 Å². The number of carbonyl (C=O) groups is 1. The summed E-state index contributed by atoms with van der Waals surface area (Å²) in [5.41, 5.74) is 0. The Kier molecular flexibility index (Phi) is 8.84. The highest BCUT2D eigenvalue weighted by molar-refractivity contribution is 7.85. The zero-order chi connectivity index (χ0) is 19.6. The predicted molar refractivity (Wildman–Crippen MR) is 109 cm³/mol. The van der Waals surface area contributed by atoms with Crippen molar-refractivity contribution in [2.24, 2.45) is 4.99 Å². The first-order valence-electron chi connectivity index (χ1n) is 9.64. The summed E-state index contributed by atoms with van der Waals surface area (Å²) in [6, 6.07) is 4.03. The molecule has 1 aliphatic rings. The number of likely N-dealkylation sites (N-methyl/N-ethyl adjacent to an activating group) is 1. The van der Waals surface area contributed by atoms with Crippen LogP contribution in [0, 0.1) is 0 Å². The van der Waals surface area contributed by atoms with E-state index in [1.165, 1.54) is 4.90 Å². The third-order valence-electron chi connectivity index (χ3n) is 4.74. The molecule has 0 bridgehead atoms. The van der Waals surface area contributed by atoms with E-state index >= 15 is 0 Å². The summed E-state index contributed by atoms with van der Waals surface area (Å²) in [7, 11) is 2.68. The molecule has 0 spiro atoms. The maximum Gasteiger partial charge on any atom is 0.243 e. The number of nitrogens with zero attached hydrogens (tertiary/aromatic N) is 2. The number of carbonyl (C=O) groups excluding carboxylic acids is 1. The van der Waals surface area contributed by atoms with Gasteiger partial charge >= 0.3 is 0 Å². The van der Waals surface area contributed by atoms with Crippen molar-refractivity contribution < 1.29 is 13.4 Å². The van der Waals surface area contributed by atoms with Crippen LogP contribution < -0.4 is 10.6 Å². The molecule has 0 aromatic carbocycles. The largest absolute Gasteiger partial charge is 0.469 e. The second-order valence-electron chi connectivity index (χ2n) is 7.01. The first-order valence-corrected chi connectivity index (χ1v) is 11.0. The molecule has 1 saturated carbocycles. The van der Waals surface area contributed by atoms with E-state index in [2.05, 4.69) is 15.6 Å². The molecule has 0 radical (unpaired) electrons. The van der Waals surface area contributed by atoms with Gasteiger partial charge in [-0.2, -0.15) is 0 Å². The van der Waals surface area contributed by atoms with Gasteiger partial charge in [0.25, 0.3) is 0 Å². The number of amides is 1. The molecule has 1 amide bonds. The highest BCUT2D eigenvalue weighted by Crippen LogP contribution is 2.23. The number of aliphatic imine (C=N–C) groups is 1. The summed E-state index contributed by atoms with van der Waals surface area (Å²) in [5, 5.41) is 6.98. The van der Waals surface area contributed by atoms with Gasteiger partial charge in [-0.05, 0) is 31.4 Å². The fraction of sp³-hybridized carbons (Fsp3) is 0.684. The highest BCUT2D eigenvalue weighted by atomic mass is 32.2. The molecule has 7 nitrogen and oxygen atoms in total. The molecule has 8 heteroatoms. The summed E-state index contributed by atoms with van der Waals surface area (Å²) in [4.78, 5) is 17.9. The van der Waals surface area contributed by atoms with Gasteiger partial charge in [-0.3, -0.25) is 9.00 Å². The zero-order valence-corrected chi connectivity index (χ0v) is 17.4. The van der Waals surface area contributed by atoms with Crippen molar-refractivity contribution >= 4 is 22.7 Å². The van der Waals surface area contributed by atoms with Crippen LogP contribution in [0.15, 0.2) is 27.8 Å². The van der Waals surface area contributed by atoms with Crippen molar-refractivity contribution in [1.82, 2.24) is 15.5 Å². The van der Waals surface area contributed by atoms with Crippen molar-refractivity contribution in [3.8, 4) is 0 Å². The Morgan fingerprint density at radius 3 is 2.89 bits per heavy atom. The molecular weight excluding hydrogens is 364 g/mol. The minimum Gasteiger partial charge on any atom is -0.469 e. The van der Waals surface area contributed by atoms with Crippen LogP contribution in [0.2, 0.25) is 0 Å². The quantitative estimate of drug-likeness (QED) is 0.514. The Labute approximate surface area is 164 Å². The van der Waals surface area contributed by atoms with Gasteiger partial charge < -0.3 is 20.0 Å². The van der Waals surface area contributed by atoms with Crippen molar-refractivity contribution in [3.05, 3.63) is 24.2 Å². The van der Waals surface area contributed by atoms with E-state index in [4.69, 9.17) is 4.42 Å². The second kappa shape index (κ2) is 11.1. The number of hydrogen-bond acceptors (Lipinski definition) is 4. The average Bonchev–Trinajstić information content (AvgIpc) is 3.18. The van der Waals surface area contributed by atoms with Gasteiger partial charge in [0.15, 0.2) is 5.96 Å². The smallest absolute Gasteiger partial charge is 0.243 e. The minimum absolute atomic E-state index is 0.0456. The van der Waals surface area contributed by atoms with Crippen LogP contribution in [0.25, 0.3) is 0 Å². The molecule has 1 heterocycles. The summed E-state index contributed by atoms with van der Waals surface area (Å²) >= 11 is 0. The molecule has 3 unspecified atom stereocenters. The molecule has 1 aromatic heterocycles. The van der Waals surface area contributed by atoms with Crippen LogP contribution in [0.4, 0.5) is 0 Å². The first kappa shape index (κ1) is 21.5. The molecule has 0 aliphatic heterocycles. The van der Waals surface area contributed by atoms with E-state index in [1.54, 1.807) is 20.4 Å². The lowest BCUT2D eigenvalue weighted by Gasteiger charge is -2.30. The van der Waals surface area contributed by atoms with E-state index in [1.807, 2.05) is 19.1 Å². The monoisotopic (exact) mass is 396 g/mol. The Hall–Kier alpha value is -1.83. The van der Waals surface area contributed by atoms with Crippen molar-refractivity contribution in [1.29, 1.82) is 0 Å². The van der Waals surface area contributed by atoms with Crippen molar-refractivity contribution in [3.63, 3.8) is 0 Å². The number of rotatable bonds is 8. The minimum atomic E-state index is -0.765. The van der Waals surface area contributed by atoms with Gasteiger partial charge in [0.2, 0.25) is 5.91 Å². The third kappa shape index (κ3) is 7.36. The molecular formula is C19H32N4O3S. The zero-order valence-electron chi connectivity index (χ0n) is 16.6. The second-order valence-corrected chi connectivity index (χ2v) is 9.01. The molecule has 1 aromatic rings. The number of hydrogen-bond donors (Lipinski definition) is 2. The van der Waals surface area contributed by atoms with Crippen LogP contribution in [0.3, 0.4) is 0 Å². The number of furan rings is 1. The molecule has 152 valence electrons. The fourth-order valence-electron chi connectivity index (χ4n) is 3.14. The van der Waals surface area contributed by atoms with Crippen LogP contribution >= 0.6 is 0 Å². The van der Waals surface area contributed by atoms with E-state index in [-0.39, 0.29) is 23.7 Å². The van der Waals surface area contributed by atoms with Crippen LogP contribution in [0.5, 0.6) is 0 Å². The highest BCUT2D eigenvalue weighted by Gasteiger charge is 2.26. The van der Waals surface area contributed by atoms with Gasteiger partial charge in [0, 0.05) is 54.9 Å². The summed E-state index contributed by atoms with van der Waals surface area (Å²) in [6.45, 7) is 2.73. The topological polar surface area (TPSA) is 86.9 Å². The first-order chi connectivity index (χ1) is 13.0. The summed E-state index contributed by atoms with van der Waals surface area (Å²) < 4.78 is 17.5. The average molecular weight is 397 g/mol. The van der Waals surface area contributed by atoms with E-state index < -0.39 is 10.8 Å². The molecule has 0 saturated heterocycles. The van der Waals surface area contributed by atoms with Crippen molar-refractivity contribution in [2.75, 3.05) is 32.9 Å². The van der Waals surface area contributed by atoms with Gasteiger partial charge in [-0.1, -0.05) is 13.3 Å². The Bertz CT molecular complexity index is 631. The summed E-state index contributed by atoms with van der Waals surface area (Å²) in [5.74, 6) is 2.19. The maximum atomic E-state index is 12.2. The Morgan fingerprint density at radius 2 is 2.22 bits per heavy atom. The van der Waals surface area contributed by atoms with E-state index in [0.717, 1.165) is 37.9 Å². The maximum absolute atomic E-state index is 12.2. The molecule has 3 atom stereocenters. The lowest BCUT2D eigenvalue weighted by Crippen LogP contribution is -2.47. The summed E-state index contributed by atoms with van der Waals surface area (Å²) in [6.07, 6.45) is 6.39. The number of nitrogens with one attached hydrogen (secondary N) is 2.